The molecule has 3 aromatic carbocycles. The van der Waals surface area contributed by atoms with E-state index in [2.05, 4.69) is 5.32 Å². The minimum absolute atomic E-state index is 0.0260. The Hall–Kier alpha value is -3.76. The van der Waals surface area contributed by atoms with Crippen LogP contribution in [0.15, 0.2) is 72.8 Å². The van der Waals surface area contributed by atoms with Crippen LogP contribution in [-0.4, -0.2) is 62.7 Å². The summed E-state index contributed by atoms with van der Waals surface area (Å²) in [5, 5.41) is 3.61. The molecule has 0 saturated carbocycles. The summed E-state index contributed by atoms with van der Waals surface area (Å²) >= 11 is 6.12. The summed E-state index contributed by atoms with van der Waals surface area (Å²) in [4.78, 5) is 29.3. The standard InChI is InChI=1S/C33H40ClN3O6S/c1-33(2,3)35-32(39)28(21-24-9-6-5-7-10-24)36(23-25-12-14-26(34)15-13-25)31(38)11-8-18-37(44(4,40)41)27-16-17-29-30(22-27)43-20-19-42-29/h5-7,9-10,12-17,22,28H,8,11,18-21,23H2,1-4H3,(H,35,39)/t28-/m0/s1. The van der Waals surface area contributed by atoms with Gasteiger partial charge in [0.2, 0.25) is 21.8 Å². The molecule has 0 radical (unpaired) electrons. The third kappa shape index (κ3) is 9.37. The van der Waals surface area contributed by atoms with Crippen LogP contribution in [0.3, 0.4) is 0 Å². The van der Waals surface area contributed by atoms with Crippen molar-refractivity contribution >= 4 is 39.1 Å². The Balaban J connectivity index is 1.58. The molecule has 1 aliphatic rings. The number of rotatable bonds is 12. The number of benzene rings is 3. The van der Waals surface area contributed by atoms with Gasteiger partial charge >= 0.3 is 0 Å². The molecule has 1 heterocycles. The molecule has 0 fully saturated rings. The lowest BCUT2D eigenvalue weighted by atomic mass is 10.00. The molecule has 11 heteroatoms. The number of nitrogens with zero attached hydrogens (tertiary/aromatic N) is 2. The number of ether oxygens (including phenoxy) is 2. The van der Waals surface area contributed by atoms with Gasteiger partial charge in [0.15, 0.2) is 11.5 Å². The maximum absolute atomic E-state index is 14.0. The number of amides is 2. The second kappa shape index (κ2) is 14.3. The van der Waals surface area contributed by atoms with E-state index >= 15 is 0 Å². The van der Waals surface area contributed by atoms with Crippen molar-refractivity contribution in [3.05, 3.63) is 88.9 Å². The van der Waals surface area contributed by atoms with E-state index in [9.17, 15) is 18.0 Å². The monoisotopic (exact) mass is 641 g/mol. The van der Waals surface area contributed by atoms with Crippen molar-refractivity contribution in [3.63, 3.8) is 0 Å². The Bertz CT molecular complexity index is 1540. The number of sulfonamides is 1. The van der Waals surface area contributed by atoms with E-state index in [4.69, 9.17) is 21.1 Å². The van der Waals surface area contributed by atoms with Crippen molar-refractivity contribution in [2.75, 3.05) is 30.3 Å². The van der Waals surface area contributed by atoms with Crippen LogP contribution < -0.4 is 19.1 Å². The number of hydrogen-bond donors (Lipinski definition) is 1. The van der Waals surface area contributed by atoms with Gasteiger partial charge in [0.1, 0.15) is 19.3 Å². The van der Waals surface area contributed by atoms with Crippen LogP contribution in [0.1, 0.15) is 44.7 Å². The second-order valence-corrected chi connectivity index (χ2v) is 14.2. The predicted molar refractivity (Wildman–Crippen MR) is 173 cm³/mol. The van der Waals surface area contributed by atoms with Gasteiger partial charge in [0.05, 0.1) is 11.9 Å². The lowest BCUT2D eigenvalue weighted by Gasteiger charge is -2.34. The molecule has 4 rings (SSSR count). The molecule has 44 heavy (non-hydrogen) atoms. The second-order valence-electron chi connectivity index (χ2n) is 11.9. The summed E-state index contributed by atoms with van der Waals surface area (Å²) in [6, 6.07) is 20.9. The van der Waals surface area contributed by atoms with E-state index in [-0.39, 0.29) is 37.7 Å². The molecule has 1 N–H and O–H groups in total. The van der Waals surface area contributed by atoms with Gasteiger partial charge in [-0.3, -0.25) is 13.9 Å². The summed E-state index contributed by atoms with van der Waals surface area (Å²) < 4.78 is 38.1. The van der Waals surface area contributed by atoms with E-state index in [1.807, 2.05) is 63.2 Å². The van der Waals surface area contributed by atoms with Crippen LogP contribution in [0.5, 0.6) is 11.5 Å². The number of hydrogen-bond acceptors (Lipinski definition) is 6. The highest BCUT2D eigenvalue weighted by Gasteiger charge is 2.32. The maximum Gasteiger partial charge on any atom is 0.243 e. The normalized spacial score (nSPS) is 13.6. The molecule has 236 valence electrons. The summed E-state index contributed by atoms with van der Waals surface area (Å²) in [5.41, 5.74) is 1.64. The van der Waals surface area contributed by atoms with Gasteiger partial charge in [-0.15, -0.1) is 0 Å². The number of anilines is 1. The Morgan fingerprint density at radius 2 is 1.59 bits per heavy atom. The fraction of sp³-hybridized carbons (Fsp3) is 0.394. The molecule has 2 amide bonds. The zero-order valence-electron chi connectivity index (χ0n) is 25.6. The predicted octanol–water partition coefficient (Wildman–Crippen LogP) is 5.21. The molecule has 3 aromatic rings. The maximum atomic E-state index is 14.0. The highest BCUT2D eigenvalue weighted by Crippen LogP contribution is 2.35. The molecule has 0 bridgehead atoms. The highest BCUT2D eigenvalue weighted by molar-refractivity contribution is 7.92. The summed E-state index contributed by atoms with van der Waals surface area (Å²) in [6.07, 6.45) is 1.70. The molecule has 0 aromatic heterocycles. The van der Waals surface area contributed by atoms with Gasteiger partial charge in [-0.05, 0) is 62.6 Å². The Morgan fingerprint density at radius 1 is 0.932 bits per heavy atom. The fourth-order valence-electron chi connectivity index (χ4n) is 4.98. The van der Waals surface area contributed by atoms with Crippen LogP contribution >= 0.6 is 11.6 Å². The Kier molecular flexibility index (Phi) is 10.8. The van der Waals surface area contributed by atoms with Crippen LogP contribution in [0.4, 0.5) is 5.69 Å². The largest absolute Gasteiger partial charge is 0.486 e. The average Bonchev–Trinajstić information content (AvgIpc) is 2.96. The lowest BCUT2D eigenvalue weighted by Crippen LogP contribution is -2.54. The number of nitrogens with one attached hydrogen (secondary N) is 1. The molecule has 1 atom stereocenters. The van der Waals surface area contributed by atoms with Crippen molar-refractivity contribution in [1.82, 2.24) is 10.2 Å². The Labute approximate surface area is 265 Å². The minimum Gasteiger partial charge on any atom is -0.486 e. The third-order valence-electron chi connectivity index (χ3n) is 7.00. The first-order valence-corrected chi connectivity index (χ1v) is 16.8. The number of carbonyl (C=O) groups is 2. The average molecular weight is 642 g/mol. The third-order valence-corrected chi connectivity index (χ3v) is 8.45. The molecule has 9 nitrogen and oxygen atoms in total. The van der Waals surface area contributed by atoms with Crippen molar-refractivity contribution in [1.29, 1.82) is 0 Å². The first kappa shape index (κ1) is 33.1. The molecule has 0 saturated heterocycles. The number of carbonyl (C=O) groups excluding carboxylic acids is 2. The fourth-order valence-corrected chi connectivity index (χ4v) is 6.07. The Morgan fingerprint density at radius 3 is 2.23 bits per heavy atom. The van der Waals surface area contributed by atoms with Gasteiger partial charge in [-0.1, -0.05) is 54.1 Å². The summed E-state index contributed by atoms with van der Waals surface area (Å²) in [6.45, 7) is 6.74. The smallest absolute Gasteiger partial charge is 0.243 e. The number of halogens is 1. The van der Waals surface area contributed by atoms with E-state index < -0.39 is 21.6 Å². The van der Waals surface area contributed by atoms with Crippen molar-refractivity contribution < 1.29 is 27.5 Å². The molecule has 0 unspecified atom stereocenters. The van der Waals surface area contributed by atoms with E-state index in [1.165, 1.54) is 4.31 Å². The van der Waals surface area contributed by atoms with Gasteiger partial charge < -0.3 is 19.7 Å². The van der Waals surface area contributed by atoms with E-state index in [1.54, 1.807) is 35.2 Å². The number of fused-ring (bicyclic) bond motifs is 1. The van der Waals surface area contributed by atoms with Gasteiger partial charge in [-0.2, -0.15) is 0 Å². The molecule has 0 aliphatic carbocycles. The zero-order chi connectivity index (χ0) is 31.9. The van der Waals surface area contributed by atoms with Crippen LogP contribution in [0.2, 0.25) is 5.02 Å². The molecule has 1 aliphatic heterocycles. The first-order chi connectivity index (χ1) is 20.8. The van der Waals surface area contributed by atoms with Gasteiger partial charge in [0.25, 0.3) is 0 Å². The van der Waals surface area contributed by atoms with E-state index in [0.717, 1.165) is 17.4 Å². The summed E-state index contributed by atoms with van der Waals surface area (Å²) in [5.74, 6) is 0.499. The van der Waals surface area contributed by atoms with Gasteiger partial charge in [-0.25, -0.2) is 8.42 Å². The molecule has 0 spiro atoms. The van der Waals surface area contributed by atoms with Crippen molar-refractivity contribution in [2.24, 2.45) is 0 Å². The minimum atomic E-state index is -3.67. The molecular formula is C33H40ClN3O6S. The summed E-state index contributed by atoms with van der Waals surface area (Å²) in [7, 11) is -3.67. The van der Waals surface area contributed by atoms with Gasteiger partial charge in [0, 0.05) is 42.6 Å². The first-order valence-electron chi connectivity index (χ1n) is 14.6. The van der Waals surface area contributed by atoms with Crippen molar-refractivity contribution in [2.45, 2.75) is 58.2 Å². The zero-order valence-corrected chi connectivity index (χ0v) is 27.2. The van der Waals surface area contributed by atoms with Crippen LogP contribution in [0.25, 0.3) is 0 Å². The van der Waals surface area contributed by atoms with Crippen LogP contribution in [-0.2, 0) is 32.6 Å². The topological polar surface area (TPSA) is 105 Å². The quantitative estimate of drug-likeness (QED) is 0.291. The highest BCUT2D eigenvalue weighted by atomic mass is 35.5. The molecular weight excluding hydrogens is 602 g/mol. The lowest BCUT2D eigenvalue weighted by molar-refractivity contribution is -0.142. The van der Waals surface area contributed by atoms with Crippen molar-refractivity contribution in [3.8, 4) is 11.5 Å². The SMILES string of the molecule is CC(C)(C)NC(=O)[C@H](Cc1ccccc1)N(Cc1ccc(Cl)cc1)C(=O)CCCN(c1ccc2c(c1)OCCO2)S(C)(=O)=O. The van der Waals surface area contributed by atoms with Crippen LogP contribution in [0, 0.1) is 0 Å². The van der Waals surface area contributed by atoms with E-state index in [0.29, 0.717) is 41.8 Å².